The van der Waals surface area contributed by atoms with Crippen LogP contribution in [-0.2, 0) is 5.60 Å². The van der Waals surface area contributed by atoms with Crippen molar-refractivity contribution in [1.82, 2.24) is 0 Å². The Morgan fingerprint density at radius 1 is 0.750 bits per heavy atom. The molecule has 0 spiro atoms. The van der Waals surface area contributed by atoms with Gasteiger partial charge in [-0.3, -0.25) is 0 Å². The summed E-state index contributed by atoms with van der Waals surface area (Å²) in [4.78, 5) is 0. The number of aliphatic hydroxyl groups is 1. The van der Waals surface area contributed by atoms with Gasteiger partial charge in [0.2, 0.25) is 0 Å². The molecule has 0 aliphatic heterocycles. The molecule has 24 heavy (non-hydrogen) atoms. The molecule has 0 bridgehead atoms. The molecule has 2 heteroatoms. The predicted octanol–water partition coefficient (Wildman–Crippen LogP) is 4.58. The molecule has 0 amide bonds. The second-order valence-electron chi connectivity index (χ2n) is 6.76. The lowest BCUT2D eigenvalue weighted by molar-refractivity contribution is 0.129. The second kappa shape index (κ2) is 4.96. The van der Waals surface area contributed by atoms with Crippen molar-refractivity contribution in [2.75, 3.05) is 0 Å². The van der Waals surface area contributed by atoms with Gasteiger partial charge in [-0.05, 0) is 60.7 Å². The Hall–Kier alpha value is -2.58. The van der Waals surface area contributed by atoms with Crippen LogP contribution in [0.4, 0.5) is 0 Å². The molecule has 3 aromatic rings. The molecule has 2 N–H and O–H groups in total. The SMILES string of the molecule is Cc1cc(C)c(C2(O)c3ccccc3-c3ccc(O)cc32)c(C)c1. The van der Waals surface area contributed by atoms with E-state index in [0.29, 0.717) is 0 Å². The highest BCUT2D eigenvalue weighted by molar-refractivity contribution is 5.83. The topological polar surface area (TPSA) is 40.5 Å². The first kappa shape index (κ1) is 15.0. The maximum atomic E-state index is 11.9. The maximum absolute atomic E-state index is 11.9. The number of phenols is 1. The lowest BCUT2D eigenvalue weighted by Crippen LogP contribution is -2.28. The van der Waals surface area contributed by atoms with Gasteiger partial charge in [0.1, 0.15) is 11.4 Å². The van der Waals surface area contributed by atoms with Crippen LogP contribution in [-0.4, -0.2) is 10.2 Å². The highest BCUT2D eigenvalue weighted by atomic mass is 16.3. The van der Waals surface area contributed by atoms with Crippen molar-refractivity contribution < 1.29 is 10.2 Å². The van der Waals surface area contributed by atoms with E-state index in [2.05, 4.69) is 19.1 Å². The normalized spacial score (nSPS) is 18.3. The van der Waals surface area contributed by atoms with Gasteiger partial charge in [-0.15, -0.1) is 0 Å². The number of hydrogen-bond donors (Lipinski definition) is 2. The molecular weight excluding hydrogens is 296 g/mol. The van der Waals surface area contributed by atoms with Crippen LogP contribution in [0.3, 0.4) is 0 Å². The van der Waals surface area contributed by atoms with E-state index in [1.165, 1.54) is 5.56 Å². The minimum Gasteiger partial charge on any atom is -0.508 e. The summed E-state index contributed by atoms with van der Waals surface area (Å²) in [6.07, 6.45) is 0. The van der Waals surface area contributed by atoms with Crippen molar-refractivity contribution in [3.63, 3.8) is 0 Å². The Morgan fingerprint density at radius 3 is 2.08 bits per heavy atom. The summed E-state index contributed by atoms with van der Waals surface area (Å²) in [7, 11) is 0. The van der Waals surface area contributed by atoms with E-state index in [9.17, 15) is 10.2 Å². The Bertz CT molecular complexity index is 948. The molecule has 4 rings (SSSR count). The van der Waals surface area contributed by atoms with Crippen LogP contribution in [0, 0.1) is 20.8 Å². The fourth-order valence-corrected chi connectivity index (χ4v) is 4.27. The van der Waals surface area contributed by atoms with E-state index in [1.54, 1.807) is 12.1 Å². The Balaban J connectivity index is 2.14. The molecule has 3 aromatic carbocycles. The van der Waals surface area contributed by atoms with Crippen LogP contribution in [0.1, 0.15) is 33.4 Å². The lowest BCUT2D eigenvalue weighted by Gasteiger charge is -2.30. The summed E-state index contributed by atoms with van der Waals surface area (Å²) in [6.45, 7) is 6.14. The number of rotatable bonds is 1. The van der Waals surface area contributed by atoms with Gasteiger partial charge >= 0.3 is 0 Å². The standard InChI is InChI=1S/C22H20O2/c1-13-10-14(2)21(15(3)11-13)22(24)19-7-5-4-6-17(19)18-9-8-16(23)12-20(18)22/h4-12,23-24H,1-3H3. The molecule has 1 aliphatic carbocycles. The third-order valence-corrected chi connectivity index (χ3v) is 5.04. The maximum Gasteiger partial charge on any atom is 0.142 e. The summed E-state index contributed by atoms with van der Waals surface area (Å²) in [5, 5.41) is 22.0. The molecule has 1 atom stereocenters. The summed E-state index contributed by atoms with van der Waals surface area (Å²) in [6, 6.07) is 17.4. The summed E-state index contributed by atoms with van der Waals surface area (Å²) < 4.78 is 0. The van der Waals surface area contributed by atoms with Crippen LogP contribution >= 0.6 is 0 Å². The van der Waals surface area contributed by atoms with Crippen molar-refractivity contribution in [1.29, 1.82) is 0 Å². The molecular formula is C22H20O2. The van der Waals surface area contributed by atoms with Gasteiger partial charge in [0.25, 0.3) is 0 Å². The third-order valence-electron chi connectivity index (χ3n) is 5.04. The monoisotopic (exact) mass is 316 g/mol. The fourth-order valence-electron chi connectivity index (χ4n) is 4.27. The summed E-state index contributed by atoms with van der Waals surface area (Å²) >= 11 is 0. The molecule has 1 aliphatic rings. The molecule has 0 saturated carbocycles. The van der Waals surface area contributed by atoms with Crippen molar-refractivity contribution in [2.45, 2.75) is 26.4 Å². The van der Waals surface area contributed by atoms with Crippen LogP contribution < -0.4 is 0 Å². The average molecular weight is 316 g/mol. The number of aromatic hydroxyl groups is 1. The smallest absolute Gasteiger partial charge is 0.142 e. The van der Waals surface area contributed by atoms with Crippen molar-refractivity contribution in [3.8, 4) is 16.9 Å². The van der Waals surface area contributed by atoms with E-state index in [-0.39, 0.29) is 5.75 Å². The van der Waals surface area contributed by atoms with Crippen LogP contribution in [0.25, 0.3) is 11.1 Å². The van der Waals surface area contributed by atoms with E-state index in [4.69, 9.17) is 0 Å². The summed E-state index contributed by atoms with van der Waals surface area (Å²) in [5.74, 6) is 0.169. The Morgan fingerprint density at radius 2 is 1.38 bits per heavy atom. The molecule has 2 nitrogen and oxygen atoms in total. The number of aryl methyl sites for hydroxylation is 3. The first-order chi connectivity index (χ1) is 11.4. The largest absolute Gasteiger partial charge is 0.508 e. The first-order valence-corrected chi connectivity index (χ1v) is 8.17. The molecule has 0 aromatic heterocycles. The second-order valence-corrected chi connectivity index (χ2v) is 6.76. The Kier molecular flexibility index (Phi) is 3.09. The van der Waals surface area contributed by atoms with Crippen LogP contribution in [0.2, 0.25) is 0 Å². The number of fused-ring (bicyclic) bond motifs is 3. The number of benzene rings is 3. The number of phenolic OH excluding ortho intramolecular Hbond substituents is 1. The van der Waals surface area contributed by atoms with Gasteiger partial charge < -0.3 is 10.2 Å². The minimum absolute atomic E-state index is 0.169. The van der Waals surface area contributed by atoms with E-state index in [1.807, 2.05) is 44.2 Å². The highest BCUT2D eigenvalue weighted by Crippen LogP contribution is 2.53. The van der Waals surface area contributed by atoms with Crippen LogP contribution in [0.5, 0.6) is 5.75 Å². The molecule has 120 valence electrons. The predicted molar refractivity (Wildman–Crippen MR) is 96.3 cm³/mol. The van der Waals surface area contributed by atoms with E-state index >= 15 is 0 Å². The van der Waals surface area contributed by atoms with Gasteiger partial charge in [-0.1, -0.05) is 48.0 Å². The van der Waals surface area contributed by atoms with Crippen molar-refractivity contribution in [3.05, 3.63) is 88.0 Å². The zero-order chi connectivity index (χ0) is 17.1. The molecule has 1 unspecified atom stereocenters. The first-order valence-electron chi connectivity index (χ1n) is 8.17. The van der Waals surface area contributed by atoms with Crippen LogP contribution in [0.15, 0.2) is 54.6 Å². The van der Waals surface area contributed by atoms with Gasteiger partial charge in [-0.2, -0.15) is 0 Å². The lowest BCUT2D eigenvalue weighted by atomic mass is 9.79. The van der Waals surface area contributed by atoms with Crippen molar-refractivity contribution >= 4 is 0 Å². The van der Waals surface area contributed by atoms with Gasteiger partial charge in [0.15, 0.2) is 0 Å². The van der Waals surface area contributed by atoms with Gasteiger partial charge in [-0.25, -0.2) is 0 Å². The zero-order valence-corrected chi connectivity index (χ0v) is 14.1. The average Bonchev–Trinajstić information content (AvgIpc) is 2.77. The zero-order valence-electron chi connectivity index (χ0n) is 14.1. The summed E-state index contributed by atoms with van der Waals surface area (Å²) in [5.41, 5.74) is 6.58. The third kappa shape index (κ3) is 1.87. The Labute approximate surface area is 142 Å². The fraction of sp³-hybridized carbons (Fsp3) is 0.182. The molecule has 0 saturated heterocycles. The van der Waals surface area contributed by atoms with Gasteiger partial charge in [0.05, 0.1) is 0 Å². The van der Waals surface area contributed by atoms with E-state index in [0.717, 1.165) is 38.9 Å². The molecule has 0 heterocycles. The van der Waals surface area contributed by atoms with Gasteiger partial charge in [0, 0.05) is 11.1 Å². The highest BCUT2D eigenvalue weighted by Gasteiger charge is 2.44. The van der Waals surface area contributed by atoms with E-state index < -0.39 is 5.60 Å². The number of hydrogen-bond acceptors (Lipinski definition) is 2. The molecule has 0 radical (unpaired) electrons. The quantitative estimate of drug-likeness (QED) is 0.690. The van der Waals surface area contributed by atoms with Crippen molar-refractivity contribution in [2.24, 2.45) is 0 Å². The molecule has 0 fully saturated rings. The minimum atomic E-state index is -1.24.